The SMILES string of the molecule is CCCCCN(CCCCC)CCCCC.Cl. The Morgan fingerprint density at radius 1 is 0.529 bits per heavy atom. The molecule has 0 N–H and O–H groups in total. The van der Waals surface area contributed by atoms with Gasteiger partial charge in [0.15, 0.2) is 0 Å². The smallest absolute Gasteiger partial charge is 0.00187 e. The maximum atomic E-state index is 2.70. The third kappa shape index (κ3) is 14.2. The predicted octanol–water partition coefficient (Wildman–Crippen LogP) is 5.28. The van der Waals surface area contributed by atoms with Gasteiger partial charge in [-0.1, -0.05) is 59.3 Å². The van der Waals surface area contributed by atoms with E-state index in [-0.39, 0.29) is 12.4 Å². The molecule has 0 saturated carbocycles. The summed E-state index contributed by atoms with van der Waals surface area (Å²) in [6, 6.07) is 0. The first kappa shape index (κ1) is 19.6. The van der Waals surface area contributed by atoms with Gasteiger partial charge in [0, 0.05) is 0 Å². The lowest BCUT2D eigenvalue weighted by Crippen LogP contribution is -2.27. The molecule has 0 atom stereocenters. The number of unbranched alkanes of at least 4 members (excludes halogenated alkanes) is 6. The van der Waals surface area contributed by atoms with Gasteiger partial charge in [-0.05, 0) is 38.9 Å². The van der Waals surface area contributed by atoms with Gasteiger partial charge in [0.05, 0.1) is 0 Å². The number of nitrogens with zero attached hydrogens (tertiary/aromatic N) is 1. The van der Waals surface area contributed by atoms with Crippen molar-refractivity contribution < 1.29 is 0 Å². The van der Waals surface area contributed by atoms with E-state index in [0.717, 1.165) is 0 Å². The summed E-state index contributed by atoms with van der Waals surface area (Å²) in [5, 5.41) is 0. The summed E-state index contributed by atoms with van der Waals surface area (Å²) in [6.07, 6.45) is 12.4. The van der Waals surface area contributed by atoms with Crippen LogP contribution in [0.1, 0.15) is 78.6 Å². The lowest BCUT2D eigenvalue weighted by molar-refractivity contribution is 0.256. The second-order valence-corrected chi connectivity index (χ2v) is 4.96. The highest BCUT2D eigenvalue weighted by Crippen LogP contribution is 2.05. The molecule has 0 aliphatic rings. The third-order valence-electron chi connectivity index (χ3n) is 3.23. The Morgan fingerprint density at radius 2 is 0.824 bits per heavy atom. The maximum absolute atomic E-state index is 2.70. The Morgan fingerprint density at radius 3 is 1.06 bits per heavy atom. The molecule has 0 bridgehead atoms. The van der Waals surface area contributed by atoms with E-state index in [1.54, 1.807) is 0 Å². The molecule has 0 radical (unpaired) electrons. The summed E-state index contributed by atoms with van der Waals surface area (Å²) >= 11 is 0. The molecule has 0 fully saturated rings. The summed E-state index contributed by atoms with van der Waals surface area (Å²) in [5.41, 5.74) is 0. The standard InChI is InChI=1S/C15H33N.ClH/c1-4-7-10-13-16(14-11-8-5-2)15-12-9-6-3;/h4-15H2,1-3H3;1H. The van der Waals surface area contributed by atoms with Crippen LogP contribution < -0.4 is 0 Å². The summed E-state index contributed by atoms with van der Waals surface area (Å²) in [6.45, 7) is 10.9. The van der Waals surface area contributed by atoms with Gasteiger partial charge in [-0.15, -0.1) is 12.4 Å². The van der Waals surface area contributed by atoms with Crippen LogP contribution in [0.5, 0.6) is 0 Å². The molecule has 0 heterocycles. The van der Waals surface area contributed by atoms with Crippen molar-refractivity contribution in [2.75, 3.05) is 19.6 Å². The van der Waals surface area contributed by atoms with Crippen molar-refractivity contribution in [1.82, 2.24) is 4.90 Å². The monoisotopic (exact) mass is 263 g/mol. The quantitative estimate of drug-likeness (QED) is 0.433. The van der Waals surface area contributed by atoms with Gasteiger partial charge < -0.3 is 4.90 Å². The van der Waals surface area contributed by atoms with Gasteiger partial charge in [-0.3, -0.25) is 0 Å². The van der Waals surface area contributed by atoms with Crippen LogP contribution >= 0.6 is 12.4 Å². The van der Waals surface area contributed by atoms with Crippen molar-refractivity contribution in [3.8, 4) is 0 Å². The Bertz CT molecular complexity index is 104. The largest absolute Gasteiger partial charge is 0.303 e. The van der Waals surface area contributed by atoms with Gasteiger partial charge in [0.2, 0.25) is 0 Å². The summed E-state index contributed by atoms with van der Waals surface area (Å²) in [5.74, 6) is 0. The molecule has 17 heavy (non-hydrogen) atoms. The third-order valence-corrected chi connectivity index (χ3v) is 3.23. The zero-order valence-electron chi connectivity index (χ0n) is 12.3. The molecule has 1 nitrogen and oxygen atoms in total. The Balaban J connectivity index is 0. The average Bonchev–Trinajstić information content (AvgIpc) is 2.29. The van der Waals surface area contributed by atoms with E-state index in [0.29, 0.717) is 0 Å². The lowest BCUT2D eigenvalue weighted by Gasteiger charge is -2.22. The second-order valence-electron chi connectivity index (χ2n) is 4.96. The van der Waals surface area contributed by atoms with Gasteiger partial charge in [0.25, 0.3) is 0 Å². The fourth-order valence-corrected chi connectivity index (χ4v) is 2.09. The van der Waals surface area contributed by atoms with Crippen LogP contribution in [0.3, 0.4) is 0 Å². The summed E-state index contributed by atoms with van der Waals surface area (Å²) in [7, 11) is 0. The van der Waals surface area contributed by atoms with Crippen LogP contribution in [0.2, 0.25) is 0 Å². The van der Waals surface area contributed by atoms with E-state index < -0.39 is 0 Å². The van der Waals surface area contributed by atoms with Crippen LogP contribution in [0.4, 0.5) is 0 Å². The lowest BCUT2D eigenvalue weighted by atomic mass is 10.2. The first-order chi connectivity index (χ1) is 7.85. The molecule has 0 aromatic rings. The highest BCUT2D eigenvalue weighted by molar-refractivity contribution is 5.85. The maximum Gasteiger partial charge on any atom is -0.00187 e. The van der Waals surface area contributed by atoms with Crippen LogP contribution in [0.15, 0.2) is 0 Å². The molecule has 0 amide bonds. The molecule has 0 aromatic heterocycles. The molecule has 2 heteroatoms. The van der Waals surface area contributed by atoms with Gasteiger partial charge in [-0.2, -0.15) is 0 Å². The van der Waals surface area contributed by atoms with Crippen molar-refractivity contribution in [1.29, 1.82) is 0 Å². The predicted molar refractivity (Wildman–Crippen MR) is 82.3 cm³/mol. The van der Waals surface area contributed by atoms with Crippen molar-refractivity contribution >= 4 is 12.4 Å². The number of hydrogen-bond acceptors (Lipinski definition) is 1. The molecule has 106 valence electrons. The van der Waals surface area contributed by atoms with E-state index in [1.165, 1.54) is 77.4 Å². The number of halogens is 1. The van der Waals surface area contributed by atoms with E-state index >= 15 is 0 Å². The van der Waals surface area contributed by atoms with E-state index in [1.807, 2.05) is 0 Å². The molecule has 0 aliphatic heterocycles. The number of rotatable bonds is 12. The molecular formula is C15H34ClN. The summed E-state index contributed by atoms with van der Waals surface area (Å²) < 4.78 is 0. The van der Waals surface area contributed by atoms with Crippen molar-refractivity contribution in [3.05, 3.63) is 0 Å². The highest BCUT2D eigenvalue weighted by atomic mass is 35.5. The van der Waals surface area contributed by atoms with Crippen molar-refractivity contribution in [3.63, 3.8) is 0 Å². The zero-order chi connectivity index (χ0) is 12.1. The van der Waals surface area contributed by atoms with Crippen molar-refractivity contribution in [2.24, 2.45) is 0 Å². The fraction of sp³-hybridized carbons (Fsp3) is 1.00. The minimum absolute atomic E-state index is 0. The molecule has 0 rings (SSSR count). The second kappa shape index (κ2) is 16.2. The average molecular weight is 264 g/mol. The Labute approximate surface area is 116 Å². The van der Waals surface area contributed by atoms with Gasteiger partial charge >= 0.3 is 0 Å². The fourth-order valence-electron chi connectivity index (χ4n) is 2.09. The van der Waals surface area contributed by atoms with Crippen LogP contribution in [0, 0.1) is 0 Å². The molecule has 0 aliphatic carbocycles. The normalized spacial score (nSPS) is 10.6. The highest BCUT2D eigenvalue weighted by Gasteiger charge is 2.03. The Kier molecular flexibility index (Phi) is 18.7. The number of hydrogen-bond donors (Lipinski definition) is 0. The zero-order valence-corrected chi connectivity index (χ0v) is 13.2. The van der Waals surface area contributed by atoms with Crippen LogP contribution in [-0.2, 0) is 0 Å². The van der Waals surface area contributed by atoms with Crippen LogP contribution in [-0.4, -0.2) is 24.5 Å². The van der Waals surface area contributed by atoms with Gasteiger partial charge in [-0.25, -0.2) is 0 Å². The molecule has 0 unspecified atom stereocenters. The minimum Gasteiger partial charge on any atom is -0.303 e. The topological polar surface area (TPSA) is 3.24 Å². The Hall–Kier alpha value is 0.250. The van der Waals surface area contributed by atoms with Crippen LogP contribution in [0.25, 0.3) is 0 Å². The van der Waals surface area contributed by atoms with E-state index in [4.69, 9.17) is 0 Å². The first-order valence-electron chi connectivity index (χ1n) is 7.57. The van der Waals surface area contributed by atoms with Crippen molar-refractivity contribution in [2.45, 2.75) is 78.6 Å². The van der Waals surface area contributed by atoms with E-state index in [9.17, 15) is 0 Å². The molecule has 0 saturated heterocycles. The molecular weight excluding hydrogens is 230 g/mol. The van der Waals surface area contributed by atoms with E-state index in [2.05, 4.69) is 25.7 Å². The first-order valence-corrected chi connectivity index (χ1v) is 7.57. The summed E-state index contributed by atoms with van der Waals surface area (Å²) in [4.78, 5) is 2.70. The van der Waals surface area contributed by atoms with Gasteiger partial charge in [0.1, 0.15) is 0 Å². The molecule has 0 spiro atoms. The minimum atomic E-state index is 0. The molecule has 0 aromatic carbocycles.